The summed E-state index contributed by atoms with van der Waals surface area (Å²) in [5, 5.41) is 10.8. The molecule has 8 aromatic rings. The van der Waals surface area contributed by atoms with E-state index in [1.54, 1.807) is 0 Å². The van der Waals surface area contributed by atoms with Crippen LogP contribution >= 0.6 is 11.8 Å². The second kappa shape index (κ2) is 10.6. The van der Waals surface area contributed by atoms with Crippen molar-refractivity contribution in [3.05, 3.63) is 138 Å². The van der Waals surface area contributed by atoms with Gasteiger partial charge in [-0.05, 0) is 134 Å². The van der Waals surface area contributed by atoms with Crippen LogP contribution in [0.15, 0.2) is 131 Å². The van der Waals surface area contributed by atoms with Crippen LogP contribution in [0.3, 0.4) is 0 Å². The molecule has 0 saturated carbocycles. The Kier molecular flexibility index (Phi) is 6.37. The largest absolute Gasteiger partial charge is 0.308 e. The van der Waals surface area contributed by atoms with E-state index in [0.717, 1.165) is 6.42 Å². The lowest BCUT2D eigenvalue weighted by Crippen LogP contribution is -2.15. The van der Waals surface area contributed by atoms with Crippen LogP contribution in [0.1, 0.15) is 36.5 Å². The highest BCUT2D eigenvalue weighted by Crippen LogP contribution is 2.53. The van der Waals surface area contributed by atoms with Crippen molar-refractivity contribution in [1.29, 1.82) is 0 Å². The van der Waals surface area contributed by atoms with Crippen molar-refractivity contribution in [2.75, 3.05) is 4.90 Å². The number of hydrogen-bond donors (Lipinski definition) is 0. The van der Waals surface area contributed by atoms with E-state index < -0.39 is 0 Å². The fourth-order valence-corrected chi connectivity index (χ4v) is 8.86. The van der Waals surface area contributed by atoms with E-state index in [1.807, 2.05) is 11.8 Å². The zero-order chi connectivity index (χ0) is 30.9. The Morgan fingerprint density at radius 3 is 1.96 bits per heavy atom. The second-order valence-electron chi connectivity index (χ2n) is 12.9. The molecule has 0 N–H and O–H groups in total. The minimum atomic E-state index is 1.14. The van der Waals surface area contributed by atoms with Crippen molar-refractivity contribution in [2.24, 2.45) is 0 Å². The van der Waals surface area contributed by atoms with Gasteiger partial charge in [-0.15, -0.1) is 0 Å². The average molecular weight is 610 g/mol. The van der Waals surface area contributed by atoms with Crippen LogP contribution in [0.2, 0.25) is 0 Å². The van der Waals surface area contributed by atoms with Gasteiger partial charge < -0.3 is 4.90 Å². The number of rotatable bonds is 5. The Morgan fingerprint density at radius 2 is 1.20 bits per heavy atom. The minimum absolute atomic E-state index is 1.14. The van der Waals surface area contributed by atoms with Gasteiger partial charge in [0.25, 0.3) is 0 Å². The smallest absolute Gasteiger partial charge is 0.0602 e. The summed E-state index contributed by atoms with van der Waals surface area (Å²) in [6.07, 6.45) is 3.58. The molecule has 0 aromatic heterocycles. The van der Waals surface area contributed by atoms with Crippen LogP contribution in [0.5, 0.6) is 0 Å². The van der Waals surface area contributed by atoms with Gasteiger partial charge in [-0.2, -0.15) is 0 Å². The number of aryl methyl sites for hydroxylation is 3. The molecule has 46 heavy (non-hydrogen) atoms. The number of unbranched alkanes of at least 4 members (excludes halogenated alkanes) is 1. The molecule has 0 amide bonds. The molecular formula is C44H35NS. The molecule has 0 unspecified atom stereocenters. The summed E-state index contributed by atoms with van der Waals surface area (Å²) in [6.45, 7) is 6.67. The van der Waals surface area contributed by atoms with Gasteiger partial charge in [-0.3, -0.25) is 0 Å². The summed E-state index contributed by atoms with van der Waals surface area (Å²) in [7, 11) is 0. The number of fused-ring (bicyclic) bond motifs is 4. The minimum Gasteiger partial charge on any atom is -0.308 e. The van der Waals surface area contributed by atoms with Crippen molar-refractivity contribution in [1.82, 2.24) is 0 Å². The third-order valence-electron chi connectivity index (χ3n) is 9.98. The Balaban J connectivity index is 1.22. The lowest BCUT2D eigenvalue weighted by molar-refractivity contribution is 0.795. The Labute approximate surface area is 274 Å². The molecule has 0 aliphatic carbocycles. The lowest BCUT2D eigenvalue weighted by atomic mass is 9.86. The Hall–Kier alpha value is -4.79. The van der Waals surface area contributed by atoms with Crippen LogP contribution in [-0.4, -0.2) is 0 Å². The maximum atomic E-state index is 2.45. The topological polar surface area (TPSA) is 3.24 Å². The molecule has 0 atom stereocenters. The van der Waals surface area contributed by atoms with Crippen LogP contribution in [0.4, 0.5) is 17.1 Å². The van der Waals surface area contributed by atoms with E-state index in [1.165, 1.54) is 111 Å². The molecular weight excluding hydrogens is 575 g/mol. The van der Waals surface area contributed by atoms with E-state index in [9.17, 15) is 0 Å². The van der Waals surface area contributed by atoms with Crippen molar-refractivity contribution >= 4 is 71.9 Å². The number of anilines is 3. The second-order valence-corrected chi connectivity index (χ2v) is 14.0. The molecule has 8 aromatic carbocycles. The summed E-state index contributed by atoms with van der Waals surface area (Å²) in [5.74, 6) is 0. The molecule has 1 nitrogen and oxygen atoms in total. The first-order valence-corrected chi connectivity index (χ1v) is 17.3. The third-order valence-corrected chi connectivity index (χ3v) is 11.1. The first kappa shape index (κ1) is 27.5. The van der Waals surface area contributed by atoms with Crippen molar-refractivity contribution in [2.45, 2.75) is 49.8 Å². The summed E-state index contributed by atoms with van der Waals surface area (Å²) in [4.78, 5) is 5.04. The molecule has 0 fully saturated rings. The van der Waals surface area contributed by atoms with E-state index in [4.69, 9.17) is 0 Å². The molecule has 9 rings (SSSR count). The van der Waals surface area contributed by atoms with Gasteiger partial charge in [0.2, 0.25) is 0 Å². The van der Waals surface area contributed by atoms with Gasteiger partial charge in [0.1, 0.15) is 0 Å². The highest BCUT2D eigenvalue weighted by molar-refractivity contribution is 7.99. The first-order valence-electron chi connectivity index (χ1n) is 16.5. The quantitative estimate of drug-likeness (QED) is 0.141. The predicted octanol–water partition coefficient (Wildman–Crippen LogP) is 13.3. The van der Waals surface area contributed by atoms with E-state index in [2.05, 4.69) is 147 Å². The zero-order valence-corrected chi connectivity index (χ0v) is 27.3. The van der Waals surface area contributed by atoms with Gasteiger partial charge in [0.05, 0.1) is 11.4 Å². The van der Waals surface area contributed by atoms with Gasteiger partial charge in [0.15, 0.2) is 0 Å². The lowest BCUT2D eigenvalue weighted by Gasteiger charge is -2.33. The molecule has 2 heteroatoms. The average Bonchev–Trinajstić information content (AvgIpc) is 3.09. The number of benzene rings is 8. The normalized spacial score (nSPS) is 12.8. The molecule has 1 heterocycles. The van der Waals surface area contributed by atoms with Crippen LogP contribution in [0.25, 0.3) is 54.2 Å². The SMILES string of the molecule is CCCCc1ccc(N2c3ccc(C)cc3Sc3cc(-c4ccc5c6cccc7c(C)ccc(c8cccc4c85)c76)ccc32)cc1. The zero-order valence-electron chi connectivity index (χ0n) is 26.5. The maximum absolute atomic E-state index is 2.45. The van der Waals surface area contributed by atoms with Gasteiger partial charge in [-0.1, -0.05) is 110 Å². The van der Waals surface area contributed by atoms with Gasteiger partial charge in [0, 0.05) is 15.5 Å². The van der Waals surface area contributed by atoms with Crippen LogP contribution < -0.4 is 4.90 Å². The predicted molar refractivity (Wildman–Crippen MR) is 200 cm³/mol. The fraction of sp³-hybridized carbons (Fsp3) is 0.136. The molecule has 0 bridgehead atoms. The summed E-state index contributed by atoms with van der Waals surface area (Å²) in [5.41, 5.74) is 10.3. The first-order chi connectivity index (χ1) is 22.6. The molecule has 1 aliphatic rings. The molecule has 0 spiro atoms. The summed E-state index contributed by atoms with van der Waals surface area (Å²) < 4.78 is 0. The van der Waals surface area contributed by atoms with Crippen molar-refractivity contribution in [3.8, 4) is 11.1 Å². The molecule has 0 saturated heterocycles. The number of hydrogen-bond acceptors (Lipinski definition) is 2. The Bertz CT molecular complexity index is 2430. The van der Waals surface area contributed by atoms with Crippen molar-refractivity contribution < 1.29 is 0 Å². The van der Waals surface area contributed by atoms with Gasteiger partial charge >= 0.3 is 0 Å². The van der Waals surface area contributed by atoms with E-state index in [-0.39, 0.29) is 0 Å². The standard InChI is InChI=1S/C44H35NS/c1-4-5-8-29-15-18-31(19-16-29)45-39-23-13-27(2)25-41(39)46-42-26-30(17-24-40(42)45)33-21-22-38-35-11-6-9-32-28(3)14-20-37(43(32)35)36-12-7-10-34(33)44(36)38/h6-7,9-26H,4-5,8H2,1-3H3. The summed E-state index contributed by atoms with van der Waals surface area (Å²) in [6, 6.07) is 46.1. The van der Waals surface area contributed by atoms with E-state index in [0.29, 0.717) is 0 Å². The molecule has 0 radical (unpaired) electrons. The maximum Gasteiger partial charge on any atom is 0.0602 e. The monoisotopic (exact) mass is 609 g/mol. The van der Waals surface area contributed by atoms with Crippen LogP contribution in [-0.2, 0) is 6.42 Å². The highest BCUT2D eigenvalue weighted by Gasteiger charge is 2.26. The molecule has 1 aliphatic heterocycles. The summed E-state index contributed by atoms with van der Waals surface area (Å²) >= 11 is 1.89. The third kappa shape index (κ3) is 4.17. The Morgan fingerprint density at radius 1 is 0.565 bits per heavy atom. The highest BCUT2D eigenvalue weighted by atomic mass is 32.2. The number of nitrogens with zero attached hydrogens (tertiary/aromatic N) is 1. The van der Waals surface area contributed by atoms with Crippen LogP contribution in [0, 0.1) is 13.8 Å². The van der Waals surface area contributed by atoms with Gasteiger partial charge in [-0.25, -0.2) is 0 Å². The molecule has 222 valence electrons. The van der Waals surface area contributed by atoms with E-state index >= 15 is 0 Å². The van der Waals surface area contributed by atoms with Crippen molar-refractivity contribution in [3.63, 3.8) is 0 Å². The fourth-order valence-electron chi connectivity index (χ4n) is 7.66.